The van der Waals surface area contributed by atoms with Gasteiger partial charge in [-0.05, 0) is 44.4 Å². The number of fused-ring (bicyclic) bond motifs is 1. The van der Waals surface area contributed by atoms with Gasteiger partial charge in [0.05, 0.1) is 33.2 Å². The zero-order chi connectivity index (χ0) is 20.1. The van der Waals surface area contributed by atoms with Crippen molar-refractivity contribution in [2.24, 2.45) is 0 Å². The maximum absolute atomic E-state index is 12.9. The number of nitrogens with one attached hydrogen (secondary N) is 2. The molecule has 2 aliphatic heterocycles. The number of carbonyl (C=O) groups excluding carboxylic acids is 1. The fraction of sp³-hybridized carbons (Fsp3) is 0.474. The molecule has 3 N–H and O–H groups in total. The zero-order valence-electron chi connectivity index (χ0n) is 15.6. The summed E-state index contributed by atoms with van der Waals surface area (Å²) in [6, 6.07) is 4.90. The lowest BCUT2D eigenvalue weighted by molar-refractivity contribution is -0.113. The van der Waals surface area contributed by atoms with E-state index >= 15 is 0 Å². The number of benzene rings is 1. The molecule has 0 unspecified atom stereocenters. The number of carbonyl (C=O) groups is 1. The number of amides is 1. The van der Waals surface area contributed by atoms with Gasteiger partial charge in [-0.2, -0.15) is 0 Å². The molecule has 1 fully saturated rings. The smallest absolute Gasteiger partial charge is 0.270 e. The van der Waals surface area contributed by atoms with Crippen LogP contribution in [0.5, 0.6) is 5.75 Å². The van der Waals surface area contributed by atoms with E-state index in [9.17, 15) is 14.7 Å². The molecule has 150 valence electrons. The van der Waals surface area contributed by atoms with Crippen molar-refractivity contribution >= 4 is 35.1 Å². The van der Waals surface area contributed by atoms with Crippen LogP contribution in [0.2, 0.25) is 5.02 Å². The highest BCUT2D eigenvalue weighted by molar-refractivity contribution is 8.00. The van der Waals surface area contributed by atoms with Crippen molar-refractivity contribution < 1.29 is 14.6 Å². The molecular formula is C19H22ClN3O4S. The fourth-order valence-corrected chi connectivity index (χ4v) is 5.19. The predicted molar refractivity (Wildman–Crippen MR) is 109 cm³/mol. The number of aromatic hydroxyl groups is 1. The Morgan fingerprint density at radius 1 is 1.36 bits per heavy atom. The molecule has 0 saturated carbocycles. The Hall–Kier alpha value is -1.90. The van der Waals surface area contributed by atoms with Crippen LogP contribution in [0.15, 0.2) is 23.0 Å². The number of aromatic amines is 1. The highest BCUT2D eigenvalue weighted by atomic mass is 35.5. The van der Waals surface area contributed by atoms with Gasteiger partial charge in [0, 0.05) is 6.61 Å². The molecular weight excluding hydrogens is 402 g/mol. The number of H-pyrrole nitrogens is 1. The third-order valence-electron chi connectivity index (χ3n) is 5.17. The van der Waals surface area contributed by atoms with E-state index in [0.717, 1.165) is 18.4 Å². The molecule has 2 aromatic rings. The predicted octanol–water partition coefficient (Wildman–Crippen LogP) is 3.44. The van der Waals surface area contributed by atoms with Gasteiger partial charge in [0.1, 0.15) is 11.6 Å². The van der Waals surface area contributed by atoms with Gasteiger partial charge in [0.2, 0.25) is 5.91 Å². The van der Waals surface area contributed by atoms with E-state index in [4.69, 9.17) is 16.3 Å². The van der Waals surface area contributed by atoms with E-state index in [1.807, 2.05) is 13.8 Å². The minimum Gasteiger partial charge on any atom is -0.506 e. The van der Waals surface area contributed by atoms with E-state index in [1.54, 1.807) is 16.8 Å². The van der Waals surface area contributed by atoms with Crippen LogP contribution in [0.25, 0.3) is 0 Å². The van der Waals surface area contributed by atoms with Gasteiger partial charge >= 0.3 is 0 Å². The third kappa shape index (κ3) is 3.56. The van der Waals surface area contributed by atoms with Crippen molar-refractivity contribution in [2.45, 2.75) is 43.6 Å². The summed E-state index contributed by atoms with van der Waals surface area (Å²) in [6.07, 6.45) is 1.47. The number of ether oxygens (including phenoxy) is 1. The van der Waals surface area contributed by atoms with Crippen LogP contribution in [0.4, 0.5) is 5.82 Å². The Labute approximate surface area is 171 Å². The van der Waals surface area contributed by atoms with Crippen molar-refractivity contribution in [3.05, 3.63) is 44.7 Å². The topological polar surface area (TPSA) is 96.4 Å². The van der Waals surface area contributed by atoms with Crippen molar-refractivity contribution in [1.82, 2.24) is 9.78 Å². The van der Waals surface area contributed by atoms with E-state index in [1.165, 1.54) is 17.8 Å². The Bertz CT molecular complexity index is 984. The number of hydrogen-bond acceptors (Lipinski definition) is 5. The normalized spacial score (nSPS) is 24.3. The first-order chi connectivity index (χ1) is 13.2. The van der Waals surface area contributed by atoms with Gasteiger partial charge in [-0.25, -0.2) is 0 Å². The van der Waals surface area contributed by atoms with Crippen molar-refractivity contribution in [3.63, 3.8) is 0 Å². The minimum atomic E-state index is -0.370. The van der Waals surface area contributed by atoms with Gasteiger partial charge in [-0.1, -0.05) is 17.7 Å². The SMILES string of the molecule is CC1(C)C[C@H](n2[nH]c(=O)c3c2NC(=O)CS[C@@H]3c2ccc(O)c(Cl)c2)CCO1. The van der Waals surface area contributed by atoms with E-state index in [-0.39, 0.29) is 44.9 Å². The van der Waals surface area contributed by atoms with Gasteiger partial charge in [0.25, 0.3) is 5.56 Å². The number of hydrogen-bond donors (Lipinski definition) is 3. The van der Waals surface area contributed by atoms with Gasteiger partial charge in [-0.3, -0.25) is 19.4 Å². The summed E-state index contributed by atoms with van der Waals surface area (Å²) < 4.78 is 7.59. The summed E-state index contributed by atoms with van der Waals surface area (Å²) in [6.45, 7) is 4.64. The number of aromatic nitrogens is 2. The number of halogens is 1. The van der Waals surface area contributed by atoms with Gasteiger partial charge < -0.3 is 15.2 Å². The molecule has 0 spiro atoms. The molecule has 28 heavy (non-hydrogen) atoms. The summed E-state index contributed by atoms with van der Waals surface area (Å²) in [7, 11) is 0. The highest BCUT2D eigenvalue weighted by Crippen LogP contribution is 2.43. The molecule has 1 aromatic carbocycles. The first kappa shape index (κ1) is 19.4. The Kier molecular flexibility index (Phi) is 4.97. The summed E-state index contributed by atoms with van der Waals surface area (Å²) >= 11 is 7.45. The van der Waals surface area contributed by atoms with Crippen LogP contribution in [-0.4, -0.2) is 38.8 Å². The fourth-order valence-electron chi connectivity index (χ4n) is 3.89. The number of phenols is 1. The second kappa shape index (κ2) is 7.17. The van der Waals surface area contributed by atoms with Crippen LogP contribution >= 0.6 is 23.4 Å². The van der Waals surface area contributed by atoms with Crippen molar-refractivity contribution in [3.8, 4) is 5.75 Å². The van der Waals surface area contributed by atoms with Crippen LogP contribution in [0.1, 0.15) is 49.1 Å². The molecule has 4 rings (SSSR count). The molecule has 1 saturated heterocycles. The maximum Gasteiger partial charge on any atom is 0.270 e. The Morgan fingerprint density at radius 2 is 2.14 bits per heavy atom. The molecule has 0 bridgehead atoms. The highest BCUT2D eigenvalue weighted by Gasteiger charge is 2.36. The first-order valence-corrected chi connectivity index (χ1v) is 10.6. The van der Waals surface area contributed by atoms with E-state index in [0.29, 0.717) is 18.0 Å². The minimum absolute atomic E-state index is 0.0191. The molecule has 9 heteroatoms. The summed E-state index contributed by atoms with van der Waals surface area (Å²) in [5.74, 6) is 0.556. The van der Waals surface area contributed by atoms with Crippen LogP contribution in [0.3, 0.4) is 0 Å². The summed E-state index contributed by atoms with van der Waals surface area (Å²) in [5.41, 5.74) is 0.732. The molecule has 1 amide bonds. The second-order valence-corrected chi connectivity index (χ2v) is 9.28. The van der Waals surface area contributed by atoms with Gasteiger partial charge in [0.15, 0.2) is 0 Å². The van der Waals surface area contributed by atoms with Crippen LogP contribution < -0.4 is 10.9 Å². The monoisotopic (exact) mass is 423 g/mol. The lowest BCUT2D eigenvalue weighted by Crippen LogP contribution is -2.36. The number of nitrogens with zero attached hydrogens (tertiary/aromatic N) is 1. The third-order valence-corrected chi connectivity index (χ3v) is 6.75. The number of thioether (sulfide) groups is 1. The first-order valence-electron chi connectivity index (χ1n) is 9.13. The number of rotatable bonds is 2. The standard InChI is InChI=1S/C19H22ClN3O4S/c1-19(2)8-11(5-6-27-19)23-17-15(18(26)22-23)16(28-9-14(25)21-17)10-3-4-13(24)12(20)7-10/h3-4,7,11,16,24H,5-6,8-9H2,1-2H3,(H,21,25)(H,22,26)/t11-,16-/m1/s1. The lowest BCUT2D eigenvalue weighted by atomic mass is 9.94. The molecule has 2 aliphatic rings. The van der Waals surface area contributed by atoms with Crippen LogP contribution in [0, 0.1) is 0 Å². The van der Waals surface area contributed by atoms with Crippen molar-refractivity contribution in [2.75, 3.05) is 17.7 Å². The Morgan fingerprint density at radius 3 is 2.86 bits per heavy atom. The second-order valence-electron chi connectivity index (χ2n) is 7.78. The molecule has 0 aliphatic carbocycles. The summed E-state index contributed by atoms with van der Waals surface area (Å²) in [5, 5.41) is 15.4. The molecule has 2 atom stereocenters. The Balaban J connectivity index is 1.81. The molecule has 1 aromatic heterocycles. The largest absolute Gasteiger partial charge is 0.506 e. The number of anilines is 1. The number of phenolic OH excluding ortho intramolecular Hbond substituents is 1. The average molecular weight is 424 g/mol. The average Bonchev–Trinajstić information content (AvgIpc) is 2.83. The lowest BCUT2D eigenvalue weighted by Gasteiger charge is -2.36. The summed E-state index contributed by atoms with van der Waals surface area (Å²) in [4.78, 5) is 25.3. The molecule has 0 radical (unpaired) electrons. The van der Waals surface area contributed by atoms with Crippen LogP contribution in [-0.2, 0) is 9.53 Å². The van der Waals surface area contributed by atoms with Crippen molar-refractivity contribution in [1.29, 1.82) is 0 Å². The maximum atomic E-state index is 12.9. The quantitative estimate of drug-likeness (QED) is 0.687. The van der Waals surface area contributed by atoms with E-state index in [2.05, 4.69) is 10.4 Å². The molecule has 3 heterocycles. The van der Waals surface area contributed by atoms with E-state index < -0.39 is 0 Å². The molecule has 7 nitrogen and oxygen atoms in total. The van der Waals surface area contributed by atoms with Gasteiger partial charge in [-0.15, -0.1) is 11.8 Å². The zero-order valence-corrected chi connectivity index (χ0v) is 17.2.